The first-order chi connectivity index (χ1) is 12.6. The second-order valence-electron chi connectivity index (χ2n) is 7.15. The normalized spacial score (nSPS) is 12.5. The van der Waals surface area contributed by atoms with Crippen molar-refractivity contribution in [2.75, 3.05) is 6.54 Å². The van der Waals surface area contributed by atoms with Crippen molar-refractivity contribution in [3.8, 4) is 5.75 Å². The number of aromatic carboxylic acids is 1. The fourth-order valence-corrected chi connectivity index (χ4v) is 2.73. The van der Waals surface area contributed by atoms with Crippen LogP contribution in [0.25, 0.3) is 10.8 Å². The van der Waals surface area contributed by atoms with Crippen LogP contribution in [0, 0.1) is 0 Å². The summed E-state index contributed by atoms with van der Waals surface area (Å²) in [7, 11) is 0. The Balaban J connectivity index is 2.20. The zero-order valence-corrected chi connectivity index (χ0v) is 16.6. The molecule has 146 valence electrons. The van der Waals surface area contributed by atoms with Crippen molar-refractivity contribution in [1.29, 1.82) is 0 Å². The van der Waals surface area contributed by atoms with Crippen LogP contribution in [0.1, 0.15) is 44.5 Å². The van der Waals surface area contributed by atoms with Crippen molar-refractivity contribution in [3.05, 3.63) is 40.9 Å². The lowest BCUT2D eigenvalue weighted by atomic mass is 10.1. The maximum atomic E-state index is 11.8. The third-order valence-corrected chi connectivity index (χ3v) is 4.11. The molecule has 0 heterocycles. The monoisotopic (exact) mass is 393 g/mol. The van der Waals surface area contributed by atoms with Gasteiger partial charge in [-0.1, -0.05) is 30.7 Å². The Labute approximate surface area is 163 Å². The molecule has 1 amide bonds. The Morgan fingerprint density at radius 1 is 1.26 bits per heavy atom. The van der Waals surface area contributed by atoms with Gasteiger partial charge in [-0.25, -0.2) is 9.59 Å². The fourth-order valence-electron chi connectivity index (χ4n) is 2.49. The van der Waals surface area contributed by atoms with Gasteiger partial charge in [-0.15, -0.1) is 0 Å². The highest BCUT2D eigenvalue weighted by Gasteiger charge is 2.20. The standard InChI is InChI=1S/C20H24ClNO5/c1-5-13(11-22-19(25)27-20(2,3)4)26-17-9-12-7-6-8-16(21)14(12)10-15(17)18(23)24/h6-10,13H,5,11H2,1-4H3,(H,22,25)(H,23,24). The smallest absolute Gasteiger partial charge is 0.407 e. The summed E-state index contributed by atoms with van der Waals surface area (Å²) in [6, 6.07) is 8.48. The molecule has 0 aliphatic carbocycles. The van der Waals surface area contributed by atoms with E-state index in [9.17, 15) is 14.7 Å². The summed E-state index contributed by atoms with van der Waals surface area (Å²) in [6.45, 7) is 7.41. The number of hydrogen-bond donors (Lipinski definition) is 2. The molecule has 0 saturated heterocycles. The Kier molecular flexibility index (Phi) is 6.54. The predicted octanol–water partition coefficient (Wildman–Crippen LogP) is 4.87. The third kappa shape index (κ3) is 5.76. The molecule has 0 aliphatic heterocycles. The van der Waals surface area contributed by atoms with Gasteiger partial charge >= 0.3 is 12.1 Å². The van der Waals surface area contributed by atoms with Gasteiger partial charge in [0, 0.05) is 10.4 Å². The van der Waals surface area contributed by atoms with Crippen molar-refractivity contribution >= 4 is 34.4 Å². The van der Waals surface area contributed by atoms with E-state index >= 15 is 0 Å². The van der Waals surface area contributed by atoms with Gasteiger partial charge in [-0.2, -0.15) is 0 Å². The van der Waals surface area contributed by atoms with Crippen molar-refractivity contribution < 1.29 is 24.2 Å². The highest BCUT2D eigenvalue weighted by Crippen LogP contribution is 2.31. The van der Waals surface area contributed by atoms with E-state index in [1.807, 2.05) is 13.0 Å². The molecule has 0 bridgehead atoms. The number of rotatable bonds is 6. The average Bonchev–Trinajstić information content (AvgIpc) is 2.56. The zero-order valence-electron chi connectivity index (χ0n) is 15.8. The summed E-state index contributed by atoms with van der Waals surface area (Å²) < 4.78 is 11.1. The molecule has 1 unspecified atom stereocenters. The van der Waals surface area contributed by atoms with Crippen molar-refractivity contribution in [3.63, 3.8) is 0 Å². The van der Waals surface area contributed by atoms with Crippen LogP contribution in [0.4, 0.5) is 4.79 Å². The third-order valence-electron chi connectivity index (χ3n) is 3.78. The maximum Gasteiger partial charge on any atom is 0.407 e. The zero-order chi connectivity index (χ0) is 20.2. The minimum Gasteiger partial charge on any atom is -0.488 e. The molecule has 0 aromatic heterocycles. The summed E-state index contributed by atoms with van der Waals surface area (Å²) in [5.41, 5.74) is -0.577. The molecule has 0 saturated carbocycles. The molecule has 0 aliphatic rings. The van der Waals surface area contributed by atoms with Crippen molar-refractivity contribution in [1.82, 2.24) is 5.32 Å². The van der Waals surface area contributed by atoms with Gasteiger partial charge in [0.25, 0.3) is 0 Å². The Hall–Kier alpha value is -2.47. The van der Waals surface area contributed by atoms with Gasteiger partial charge in [0.05, 0.1) is 6.54 Å². The number of ether oxygens (including phenoxy) is 2. The van der Waals surface area contributed by atoms with E-state index in [4.69, 9.17) is 21.1 Å². The molecule has 2 aromatic rings. The van der Waals surface area contributed by atoms with Crippen LogP contribution in [0.5, 0.6) is 5.75 Å². The van der Waals surface area contributed by atoms with Gasteiger partial charge in [-0.3, -0.25) is 0 Å². The highest BCUT2D eigenvalue weighted by atomic mass is 35.5. The molecular weight excluding hydrogens is 370 g/mol. The lowest BCUT2D eigenvalue weighted by molar-refractivity contribution is 0.0496. The number of carboxylic acid groups (broad SMARTS) is 1. The van der Waals surface area contributed by atoms with E-state index in [0.29, 0.717) is 16.8 Å². The summed E-state index contributed by atoms with van der Waals surface area (Å²) in [5.74, 6) is -0.878. The van der Waals surface area contributed by atoms with E-state index in [2.05, 4.69) is 5.32 Å². The van der Waals surface area contributed by atoms with E-state index in [1.54, 1.807) is 39.0 Å². The average molecular weight is 394 g/mol. The van der Waals surface area contributed by atoms with Crippen LogP contribution in [0.2, 0.25) is 5.02 Å². The fraction of sp³-hybridized carbons (Fsp3) is 0.400. The Morgan fingerprint density at radius 3 is 2.56 bits per heavy atom. The number of alkyl carbamates (subject to hydrolysis) is 1. The predicted molar refractivity (Wildman–Crippen MR) is 105 cm³/mol. The Bertz CT molecular complexity index is 844. The van der Waals surface area contributed by atoms with Crippen LogP contribution < -0.4 is 10.1 Å². The summed E-state index contributed by atoms with van der Waals surface area (Å²) in [6.07, 6.45) is -0.386. The molecule has 1 atom stereocenters. The summed E-state index contributed by atoms with van der Waals surface area (Å²) >= 11 is 6.16. The molecule has 2 N–H and O–H groups in total. The van der Waals surface area contributed by atoms with Crippen LogP contribution in [-0.2, 0) is 4.74 Å². The van der Waals surface area contributed by atoms with E-state index in [-0.39, 0.29) is 17.9 Å². The molecular formula is C20H24ClNO5. The van der Waals surface area contributed by atoms with Crippen molar-refractivity contribution in [2.24, 2.45) is 0 Å². The van der Waals surface area contributed by atoms with Gasteiger partial charge in [0.15, 0.2) is 0 Å². The molecule has 6 nitrogen and oxygen atoms in total. The second-order valence-corrected chi connectivity index (χ2v) is 7.55. The van der Waals surface area contributed by atoms with Crippen molar-refractivity contribution in [2.45, 2.75) is 45.8 Å². The van der Waals surface area contributed by atoms with E-state index in [1.165, 1.54) is 6.07 Å². The lowest BCUT2D eigenvalue weighted by Crippen LogP contribution is -2.38. The first-order valence-corrected chi connectivity index (χ1v) is 9.07. The number of hydrogen-bond acceptors (Lipinski definition) is 4. The van der Waals surface area contributed by atoms with Gasteiger partial charge in [0.2, 0.25) is 0 Å². The molecule has 0 radical (unpaired) electrons. The number of fused-ring (bicyclic) bond motifs is 1. The quantitative estimate of drug-likeness (QED) is 0.731. The molecule has 0 spiro atoms. The number of nitrogens with one attached hydrogen (secondary N) is 1. The summed E-state index contributed by atoms with van der Waals surface area (Å²) in [4.78, 5) is 23.5. The number of carbonyl (C=O) groups excluding carboxylic acids is 1. The molecule has 27 heavy (non-hydrogen) atoms. The van der Waals surface area contributed by atoms with Crippen LogP contribution in [0.15, 0.2) is 30.3 Å². The minimum atomic E-state index is -1.11. The largest absolute Gasteiger partial charge is 0.488 e. The van der Waals surface area contributed by atoms with Gasteiger partial charge in [0.1, 0.15) is 23.0 Å². The molecule has 2 aromatic carbocycles. The molecule has 2 rings (SSSR count). The van der Waals surface area contributed by atoms with Crippen LogP contribution in [0.3, 0.4) is 0 Å². The van der Waals surface area contributed by atoms with Gasteiger partial charge in [-0.05, 0) is 50.8 Å². The molecule has 7 heteroatoms. The van der Waals surface area contributed by atoms with Crippen LogP contribution >= 0.6 is 11.6 Å². The number of halogens is 1. The number of amides is 1. The number of carboxylic acids is 1. The molecule has 0 fully saturated rings. The first kappa shape index (κ1) is 20.8. The minimum absolute atomic E-state index is 0.0197. The van der Waals surface area contributed by atoms with E-state index < -0.39 is 23.8 Å². The van der Waals surface area contributed by atoms with Gasteiger partial charge < -0.3 is 19.9 Å². The maximum absolute atomic E-state index is 11.8. The number of carbonyl (C=O) groups is 2. The topological polar surface area (TPSA) is 84.9 Å². The number of benzene rings is 2. The highest BCUT2D eigenvalue weighted by molar-refractivity contribution is 6.35. The Morgan fingerprint density at radius 2 is 1.96 bits per heavy atom. The second kappa shape index (κ2) is 8.48. The SMILES string of the molecule is CCC(CNC(=O)OC(C)(C)C)Oc1cc2cccc(Cl)c2cc1C(=O)O. The summed E-state index contributed by atoms with van der Waals surface area (Å²) in [5, 5.41) is 14.1. The lowest BCUT2D eigenvalue weighted by Gasteiger charge is -2.23. The van der Waals surface area contributed by atoms with E-state index in [0.717, 1.165) is 5.39 Å². The van der Waals surface area contributed by atoms with Crippen LogP contribution in [-0.4, -0.2) is 35.4 Å². The first-order valence-electron chi connectivity index (χ1n) is 8.69.